The summed E-state index contributed by atoms with van der Waals surface area (Å²) in [6, 6.07) is 6.55. The smallest absolute Gasteiger partial charge is 0.309 e. The van der Waals surface area contributed by atoms with Crippen molar-refractivity contribution in [1.29, 1.82) is 0 Å². The largest absolute Gasteiger partial charge is 0.466 e. The minimum Gasteiger partial charge on any atom is -0.466 e. The van der Waals surface area contributed by atoms with Crippen molar-refractivity contribution in [3.63, 3.8) is 0 Å². The Kier molecular flexibility index (Phi) is 4.07. The first-order chi connectivity index (χ1) is 8.17. The SMILES string of the molecule is CCOC(=O)[C@@H]1C[C@H]1c1ccc(CC)c(I)c1. The second-order valence-electron chi connectivity index (χ2n) is 4.41. The van der Waals surface area contributed by atoms with Gasteiger partial charge < -0.3 is 4.74 Å². The van der Waals surface area contributed by atoms with Gasteiger partial charge in [-0.2, -0.15) is 0 Å². The number of benzene rings is 1. The van der Waals surface area contributed by atoms with Crippen LogP contribution in [-0.2, 0) is 16.0 Å². The number of carbonyl (C=O) groups excluding carboxylic acids is 1. The number of rotatable bonds is 4. The molecule has 2 rings (SSSR count). The molecule has 0 bridgehead atoms. The van der Waals surface area contributed by atoms with Gasteiger partial charge in [-0.05, 0) is 65.5 Å². The third-order valence-electron chi connectivity index (χ3n) is 3.27. The van der Waals surface area contributed by atoms with E-state index in [1.54, 1.807) is 0 Å². The molecule has 1 fully saturated rings. The molecule has 0 radical (unpaired) electrons. The molecule has 2 nitrogen and oxygen atoms in total. The van der Waals surface area contributed by atoms with E-state index in [1.165, 1.54) is 14.7 Å². The summed E-state index contributed by atoms with van der Waals surface area (Å²) in [5, 5.41) is 0. The molecule has 3 heteroatoms. The Morgan fingerprint density at radius 2 is 2.24 bits per heavy atom. The van der Waals surface area contributed by atoms with Crippen LogP contribution < -0.4 is 0 Å². The normalized spacial score (nSPS) is 22.3. The number of carbonyl (C=O) groups is 1. The molecule has 0 saturated heterocycles. The molecule has 1 aromatic carbocycles. The molecule has 1 aliphatic rings. The highest BCUT2D eigenvalue weighted by molar-refractivity contribution is 14.1. The summed E-state index contributed by atoms with van der Waals surface area (Å²) in [6.07, 6.45) is 2.00. The summed E-state index contributed by atoms with van der Waals surface area (Å²) in [5.74, 6) is 0.443. The van der Waals surface area contributed by atoms with Gasteiger partial charge in [-0.15, -0.1) is 0 Å². The van der Waals surface area contributed by atoms with Crippen LogP contribution in [0.15, 0.2) is 18.2 Å². The molecule has 0 unspecified atom stereocenters. The molecule has 0 aliphatic heterocycles. The first kappa shape index (κ1) is 12.9. The van der Waals surface area contributed by atoms with Crippen molar-refractivity contribution >= 4 is 28.6 Å². The molecular weight excluding hydrogens is 327 g/mol. The average Bonchev–Trinajstić information content (AvgIpc) is 3.09. The van der Waals surface area contributed by atoms with E-state index in [-0.39, 0.29) is 11.9 Å². The third kappa shape index (κ3) is 2.81. The van der Waals surface area contributed by atoms with Crippen LogP contribution in [-0.4, -0.2) is 12.6 Å². The highest BCUT2D eigenvalue weighted by atomic mass is 127. The van der Waals surface area contributed by atoms with E-state index in [9.17, 15) is 4.79 Å². The van der Waals surface area contributed by atoms with Gasteiger partial charge in [0.2, 0.25) is 0 Å². The molecule has 0 aromatic heterocycles. The predicted octanol–water partition coefficient (Wildman–Crippen LogP) is 3.52. The lowest BCUT2D eigenvalue weighted by Gasteiger charge is -2.05. The van der Waals surface area contributed by atoms with E-state index in [0.29, 0.717) is 12.5 Å². The van der Waals surface area contributed by atoms with E-state index >= 15 is 0 Å². The van der Waals surface area contributed by atoms with Gasteiger partial charge >= 0.3 is 5.97 Å². The van der Waals surface area contributed by atoms with Crippen LogP contribution in [0.5, 0.6) is 0 Å². The Morgan fingerprint density at radius 1 is 1.47 bits per heavy atom. The van der Waals surface area contributed by atoms with Gasteiger partial charge in [0.05, 0.1) is 12.5 Å². The monoisotopic (exact) mass is 344 g/mol. The first-order valence-corrected chi connectivity index (χ1v) is 7.20. The van der Waals surface area contributed by atoms with Crippen molar-refractivity contribution < 1.29 is 9.53 Å². The maximum absolute atomic E-state index is 11.6. The highest BCUT2D eigenvalue weighted by Gasteiger charge is 2.45. The maximum Gasteiger partial charge on any atom is 0.309 e. The Bertz CT molecular complexity index is 428. The molecule has 1 saturated carbocycles. The van der Waals surface area contributed by atoms with Crippen LogP contribution in [0, 0.1) is 9.49 Å². The zero-order valence-electron chi connectivity index (χ0n) is 10.2. The lowest BCUT2D eigenvalue weighted by molar-refractivity contribution is -0.144. The molecule has 0 heterocycles. The fourth-order valence-corrected chi connectivity index (χ4v) is 3.07. The second-order valence-corrected chi connectivity index (χ2v) is 5.57. The number of hydrogen-bond acceptors (Lipinski definition) is 2. The van der Waals surface area contributed by atoms with Crippen molar-refractivity contribution in [2.75, 3.05) is 6.61 Å². The maximum atomic E-state index is 11.6. The summed E-state index contributed by atoms with van der Waals surface area (Å²) in [5.41, 5.74) is 2.66. The van der Waals surface area contributed by atoms with Crippen LogP contribution in [0.4, 0.5) is 0 Å². The van der Waals surface area contributed by atoms with Crippen molar-refractivity contribution in [2.24, 2.45) is 5.92 Å². The average molecular weight is 344 g/mol. The van der Waals surface area contributed by atoms with Gasteiger partial charge in [0, 0.05) is 3.57 Å². The van der Waals surface area contributed by atoms with E-state index in [4.69, 9.17) is 4.74 Å². The lowest BCUT2D eigenvalue weighted by atomic mass is 10.1. The Morgan fingerprint density at radius 3 is 2.82 bits per heavy atom. The van der Waals surface area contributed by atoms with Gasteiger partial charge in [-0.3, -0.25) is 4.79 Å². The third-order valence-corrected chi connectivity index (χ3v) is 4.27. The van der Waals surface area contributed by atoms with Crippen LogP contribution in [0.3, 0.4) is 0 Å². The van der Waals surface area contributed by atoms with Gasteiger partial charge in [-0.25, -0.2) is 0 Å². The number of halogens is 1. The number of esters is 1. The van der Waals surface area contributed by atoms with E-state index in [2.05, 4.69) is 47.7 Å². The van der Waals surface area contributed by atoms with Crippen LogP contribution >= 0.6 is 22.6 Å². The van der Waals surface area contributed by atoms with Crippen molar-refractivity contribution in [3.05, 3.63) is 32.9 Å². The molecule has 0 amide bonds. The lowest BCUT2D eigenvalue weighted by Crippen LogP contribution is -2.07. The quantitative estimate of drug-likeness (QED) is 0.617. The van der Waals surface area contributed by atoms with Crippen molar-refractivity contribution in [3.8, 4) is 0 Å². The number of hydrogen-bond donors (Lipinski definition) is 0. The predicted molar refractivity (Wildman–Crippen MR) is 76.0 cm³/mol. The van der Waals surface area contributed by atoms with Crippen molar-refractivity contribution in [1.82, 2.24) is 0 Å². The molecule has 1 aromatic rings. The minimum atomic E-state index is -0.0351. The van der Waals surface area contributed by atoms with Gasteiger partial charge in [0.1, 0.15) is 0 Å². The van der Waals surface area contributed by atoms with E-state index < -0.39 is 0 Å². The molecule has 1 aliphatic carbocycles. The van der Waals surface area contributed by atoms with Gasteiger partial charge in [0.25, 0.3) is 0 Å². The van der Waals surface area contributed by atoms with E-state index in [1.807, 2.05) is 6.92 Å². The summed E-state index contributed by atoms with van der Waals surface area (Å²) in [6.45, 7) is 4.50. The Hall–Kier alpha value is -0.580. The van der Waals surface area contributed by atoms with Crippen LogP contribution in [0.25, 0.3) is 0 Å². The Balaban J connectivity index is 2.06. The molecule has 92 valence electrons. The summed E-state index contributed by atoms with van der Waals surface area (Å²) in [7, 11) is 0. The molecule has 0 spiro atoms. The second kappa shape index (κ2) is 5.38. The molecule has 17 heavy (non-hydrogen) atoms. The fraction of sp³-hybridized carbons (Fsp3) is 0.500. The van der Waals surface area contributed by atoms with Crippen LogP contribution in [0.2, 0.25) is 0 Å². The van der Waals surface area contributed by atoms with Gasteiger partial charge in [-0.1, -0.05) is 19.1 Å². The zero-order valence-corrected chi connectivity index (χ0v) is 12.4. The van der Waals surface area contributed by atoms with Crippen molar-refractivity contribution in [2.45, 2.75) is 32.6 Å². The topological polar surface area (TPSA) is 26.3 Å². The molecule has 2 atom stereocenters. The Labute approximate surface area is 116 Å². The van der Waals surface area contributed by atoms with Crippen LogP contribution in [0.1, 0.15) is 37.3 Å². The summed E-state index contributed by atoms with van der Waals surface area (Å²) in [4.78, 5) is 11.6. The number of ether oxygens (including phenoxy) is 1. The summed E-state index contributed by atoms with van der Waals surface area (Å²) < 4.78 is 6.35. The fourth-order valence-electron chi connectivity index (χ4n) is 2.15. The molecule has 0 N–H and O–H groups in total. The summed E-state index contributed by atoms with van der Waals surface area (Å²) >= 11 is 2.37. The standard InChI is InChI=1S/C14H17IO2/c1-3-9-5-6-10(7-13(9)15)11-8-12(11)14(16)17-4-2/h5-7,11-12H,3-4,8H2,1-2H3/t11-,12+/m0/s1. The minimum absolute atomic E-state index is 0.0351. The van der Waals surface area contributed by atoms with E-state index in [0.717, 1.165) is 12.8 Å². The number of aryl methyl sites for hydroxylation is 1. The highest BCUT2D eigenvalue weighted by Crippen LogP contribution is 2.48. The first-order valence-electron chi connectivity index (χ1n) is 6.12. The zero-order chi connectivity index (χ0) is 12.4. The molecular formula is C14H17IO2. The van der Waals surface area contributed by atoms with Gasteiger partial charge in [0.15, 0.2) is 0 Å².